The van der Waals surface area contributed by atoms with Crippen LogP contribution >= 0.6 is 0 Å². The van der Waals surface area contributed by atoms with Crippen molar-refractivity contribution in [3.63, 3.8) is 0 Å². The molecule has 0 aliphatic carbocycles. The Kier molecular flexibility index (Phi) is 4.73. The third-order valence-corrected chi connectivity index (χ3v) is 3.97. The Labute approximate surface area is 125 Å². The molecule has 0 heterocycles. The molecule has 1 nitrogen and oxygen atoms in total. The van der Waals surface area contributed by atoms with Crippen LogP contribution in [0, 0.1) is 32.4 Å². The molecule has 0 spiro atoms. The predicted octanol–water partition coefficient (Wildman–Crippen LogP) is 4.39. The molecule has 21 heavy (non-hydrogen) atoms. The van der Waals surface area contributed by atoms with Gasteiger partial charge in [0.15, 0.2) is 0 Å². The summed E-state index contributed by atoms with van der Waals surface area (Å²) in [7, 11) is 1.87. The summed E-state index contributed by atoms with van der Waals surface area (Å²) in [5, 5.41) is 3.25. The van der Waals surface area contributed by atoms with E-state index < -0.39 is 11.6 Å². The summed E-state index contributed by atoms with van der Waals surface area (Å²) in [5.41, 5.74) is 5.49. The number of hydrogen-bond acceptors (Lipinski definition) is 1. The van der Waals surface area contributed by atoms with Gasteiger partial charge < -0.3 is 5.32 Å². The van der Waals surface area contributed by atoms with Crippen LogP contribution in [0.4, 0.5) is 8.78 Å². The second kappa shape index (κ2) is 6.35. The second-order valence-corrected chi connectivity index (χ2v) is 5.62. The third-order valence-electron chi connectivity index (χ3n) is 3.97. The Bertz CT molecular complexity index is 630. The first-order valence-corrected chi connectivity index (χ1v) is 7.10. The van der Waals surface area contributed by atoms with Crippen molar-refractivity contribution in [1.82, 2.24) is 5.32 Å². The molecule has 0 aromatic heterocycles. The van der Waals surface area contributed by atoms with Gasteiger partial charge in [0.2, 0.25) is 0 Å². The maximum Gasteiger partial charge on any atom is 0.126 e. The molecule has 3 heteroatoms. The molecule has 2 aromatic carbocycles. The van der Waals surface area contributed by atoms with E-state index in [1.54, 1.807) is 0 Å². The average Bonchev–Trinajstić information content (AvgIpc) is 2.39. The Morgan fingerprint density at radius 3 is 2.00 bits per heavy atom. The SMILES string of the molecule is CNC(Cc1cc(F)cc(F)c1)c1cc(C)c(C)cc1C. The van der Waals surface area contributed by atoms with Gasteiger partial charge in [0.05, 0.1) is 0 Å². The molecular formula is C18H21F2N. The van der Waals surface area contributed by atoms with Gasteiger partial charge in [-0.15, -0.1) is 0 Å². The molecule has 0 aliphatic rings. The fraction of sp³-hybridized carbons (Fsp3) is 0.333. The molecule has 0 amide bonds. The van der Waals surface area contributed by atoms with E-state index in [-0.39, 0.29) is 6.04 Å². The van der Waals surface area contributed by atoms with Crippen LogP contribution in [0.1, 0.15) is 33.9 Å². The molecule has 0 radical (unpaired) electrons. The van der Waals surface area contributed by atoms with Crippen molar-refractivity contribution < 1.29 is 8.78 Å². The molecule has 1 unspecified atom stereocenters. The van der Waals surface area contributed by atoms with E-state index in [9.17, 15) is 8.78 Å². The zero-order valence-electron chi connectivity index (χ0n) is 12.9. The maximum atomic E-state index is 13.3. The van der Waals surface area contributed by atoms with Crippen LogP contribution in [0.5, 0.6) is 0 Å². The quantitative estimate of drug-likeness (QED) is 0.880. The number of aryl methyl sites for hydroxylation is 3. The van der Waals surface area contributed by atoms with Crippen LogP contribution in [0.25, 0.3) is 0 Å². The van der Waals surface area contributed by atoms with Gasteiger partial charge in [-0.25, -0.2) is 8.78 Å². The average molecular weight is 289 g/mol. The van der Waals surface area contributed by atoms with Crippen molar-refractivity contribution in [2.45, 2.75) is 33.2 Å². The Hall–Kier alpha value is -1.74. The van der Waals surface area contributed by atoms with E-state index in [1.165, 1.54) is 34.4 Å². The zero-order chi connectivity index (χ0) is 15.6. The van der Waals surface area contributed by atoms with Crippen LogP contribution in [0.15, 0.2) is 30.3 Å². The summed E-state index contributed by atoms with van der Waals surface area (Å²) in [6, 6.07) is 8.03. The van der Waals surface area contributed by atoms with Gasteiger partial charge in [0.25, 0.3) is 0 Å². The molecule has 112 valence electrons. The number of rotatable bonds is 4. The van der Waals surface area contributed by atoms with Crippen molar-refractivity contribution in [2.24, 2.45) is 0 Å². The summed E-state index contributed by atoms with van der Waals surface area (Å²) in [4.78, 5) is 0. The lowest BCUT2D eigenvalue weighted by Crippen LogP contribution is -2.20. The summed E-state index contributed by atoms with van der Waals surface area (Å²) in [6.07, 6.45) is 0.550. The molecule has 1 atom stereocenters. The number of nitrogens with one attached hydrogen (secondary N) is 1. The second-order valence-electron chi connectivity index (χ2n) is 5.62. The van der Waals surface area contributed by atoms with Crippen molar-refractivity contribution in [1.29, 1.82) is 0 Å². The monoisotopic (exact) mass is 289 g/mol. The molecular weight excluding hydrogens is 268 g/mol. The first-order valence-electron chi connectivity index (χ1n) is 7.10. The first-order chi connectivity index (χ1) is 9.90. The summed E-state index contributed by atoms with van der Waals surface area (Å²) >= 11 is 0. The molecule has 2 aromatic rings. The van der Waals surface area contributed by atoms with Crippen molar-refractivity contribution in [3.8, 4) is 0 Å². The Balaban J connectivity index is 2.34. The van der Waals surface area contributed by atoms with Gasteiger partial charge in [-0.3, -0.25) is 0 Å². The minimum Gasteiger partial charge on any atom is -0.313 e. The van der Waals surface area contributed by atoms with Crippen molar-refractivity contribution in [2.75, 3.05) is 7.05 Å². The lowest BCUT2D eigenvalue weighted by atomic mass is 9.92. The third kappa shape index (κ3) is 3.67. The first kappa shape index (κ1) is 15.6. The molecule has 1 N–H and O–H groups in total. The highest BCUT2D eigenvalue weighted by molar-refractivity contribution is 5.39. The summed E-state index contributed by atoms with van der Waals surface area (Å²) < 4.78 is 26.6. The topological polar surface area (TPSA) is 12.0 Å². The summed E-state index contributed by atoms with van der Waals surface area (Å²) in [6.45, 7) is 6.23. The van der Waals surface area contributed by atoms with Gasteiger partial charge in [-0.05, 0) is 74.2 Å². The summed E-state index contributed by atoms with van der Waals surface area (Å²) in [5.74, 6) is -1.06. The van der Waals surface area contributed by atoms with Gasteiger partial charge in [0.1, 0.15) is 11.6 Å². The minimum absolute atomic E-state index is 0.0329. The largest absolute Gasteiger partial charge is 0.313 e. The molecule has 0 saturated heterocycles. The lowest BCUT2D eigenvalue weighted by molar-refractivity contribution is 0.560. The van der Waals surface area contributed by atoms with Crippen molar-refractivity contribution in [3.05, 3.63) is 69.8 Å². The number of likely N-dealkylation sites (N-methyl/N-ethyl adjacent to an activating group) is 1. The van der Waals surface area contributed by atoms with E-state index in [0.717, 1.165) is 6.07 Å². The van der Waals surface area contributed by atoms with Crippen molar-refractivity contribution >= 4 is 0 Å². The smallest absolute Gasteiger partial charge is 0.126 e. The highest BCUT2D eigenvalue weighted by atomic mass is 19.1. The minimum atomic E-state index is -0.531. The highest BCUT2D eigenvalue weighted by Gasteiger charge is 2.15. The standard InChI is InChI=1S/C18H21F2N/c1-11-5-13(3)17(6-12(11)2)18(21-4)9-14-7-15(19)10-16(20)8-14/h5-8,10,18,21H,9H2,1-4H3. The van der Waals surface area contributed by atoms with Gasteiger partial charge >= 0.3 is 0 Å². The fourth-order valence-corrected chi connectivity index (χ4v) is 2.69. The van der Waals surface area contributed by atoms with E-state index in [2.05, 4.69) is 38.2 Å². The van der Waals surface area contributed by atoms with Crippen LogP contribution in [-0.2, 0) is 6.42 Å². The normalized spacial score (nSPS) is 12.5. The molecule has 0 fully saturated rings. The number of halogens is 2. The zero-order valence-corrected chi connectivity index (χ0v) is 12.9. The van der Waals surface area contributed by atoms with Gasteiger partial charge in [-0.2, -0.15) is 0 Å². The Morgan fingerprint density at radius 1 is 0.857 bits per heavy atom. The number of hydrogen-bond donors (Lipinski definition) is 1. The highest BCUT2D eigenvalue weighted by Crippen LogP contribution is 2.25. The van der Waals surface area contributed by atoms with E-state index in [1.807, 2.05) is 7.05 Å². The molecule has 0 aliphatic heterocycles. The number of benzene rings is 2. The van der Waals surface area contributed by atoms with E-state index in [0.29, 0.717) is 12.0 Å². The Morgan fingerprint density at radius 2 is 1.43 bits per heavy atom. The maximum absolute atomic E-state index is 13.3. The van der Waals surface area contributed by atoms with Crippen LogP contribution in [0.3, 0.4) is 0 Å². The predicted molar refractivity (Wildman–Crippen MR) is 82.5 cm³/mol. The van der Waals surface area contributed by atoms with Crippen LogP contribution in [0.2, 0.25) is 0 Å². The molecule has 0 saturated carbocycles. The lowest BCUT2D eigenvalue weighted by Gasteiger charge is -2.20. The van der Waals surface area contributed by atoms with Crippen LogP contribution in [-0.4, -0.2) is 7.05 Å². The van der Waals surface area contributed by atoms with Gasteiger partial charge in [0, 0.05) is 12.1 Å². The van der Waals surface area contributed by atoms with Crippen LogP contribution < -0.4 is 5.32 Å². The molecule has 0 bridgehead atoms. The van der Waals surface area contributed by atoms with Gasteiger partial charge in [-0.1, -0.05) is 12.1 Å². The van der Waals surface area contributed by atoms with E-state index in [4.69, 9.17) is 0 Å². The van der Waals surface area contributed by atoms with E-state index >= 15 is 0 Å². The fourth-order valence-electron chi connectivity index (χ4n) is 2.69. The molecule has 2 rings (SSSR count).